The van der Waals surface area contributed by atoms with E-state index in [4.69, 9.17) is 33.7 Å². The number of rotatable bonds is 16. The number of aliphatic hydroxyl groups is 6. The van der Waals surface area contributed by atoms with Gasteiger partial charge in [-0.25, -0.2) is 14.8 Å². The molecule has 3 saturated carbocycles. The second kappa shape index (κ2) is 20.9. The Kier molecular flexibility index (Phi) is 14.7. The number of carbonyl (C=O) groups is 3. The lowest BCUT2D eigenvalue weighted by molar-refractivity contribution is -0.277. The minimum Gasteiger partial charge on any atom is -0.482 e. The van der Waals surface area contributed by atoms with Crippen molar-refractivity contribution < 1.29 is 68.7 Å². The summed E-state index contributed by atoms with van der Waals surface area (Å²) < 4.78 is 35.2. The smallest absolute Gasteiger partial charge is 0.343 e. The van der Waals surface area contributed by atoms with Gasteiger partial charge in [-0.3, -0.25) is 9.59 Å². The normalized spacial score (nSPS) is 30.2. The molecule has 12 atom stereocenters. The van der Waals surface area contributed by atoms with E-state index in [-0.39, 0.29) is 60.3 Å². The molecule has 4 aliphatic heterocycles. The van der Waals surface area contributed by atoms with Gasteiger partial charge in [0.2, 0.25) is 18.1 Å². The molecule has 1 spiro atoms. The summed E-state index contributed by atoms with van der Waals surface area (Å²) >= 11 is 0. The Morgan fingerprint density at radius 3 is 2.36 bits per heavy atom. The van der Waals surface area contributed by atoms with Crippen LogP contribution in [0.2, 0.25) is 0 Å². The van der Waals surface area contributed by atoms with Gasteiger partial charge in [-0.05, 0) is 122 Å². The molecule has 7 unspecified atom stereocenters. The highest BCUT2D eigenvalue weighted by atomic mass is 16.7. The number of aromatic nitrogens is 2. The summed E-state index contributed by atoms with van der Waals surface area (Å²) in [5.41, 5.74) is 0.754. The number of nitrogens with zero attached hydrogens (tertiary/aromatic N) is 3. The standard InChI is InChI=1S/C60H70N4O14/c1-30(2)12-11-23-58(8)24-22-37-50(77-58)36(20-15-31(3)4)52-43(51(37)76-55(72)34-16-18-35(19-17-34)74-56-49(69)48(68)47(67)42(29-66)75-56)45-44-46(64-41-14-10-9-13-40(41)62-57(64)63-45)38-28-39(32(5)6)60(44,78-52)59(73,53(38)70)25-21-33(7)54(71)61-26-27-65/h9-10,12-19,21-22,24,32,38-39,42,44,46-49,56,65-69,73H,11,20,23,25-29H2,1-8H3,(H,61,71)/t38?,39?,42-,44?,46?,47-,48+,49-,56-,58?,59?,60?/m1/s1. The quantitative estimate of drug-likeness (QED) is 0.0280. The van der Waals surface area contributed by atoms with Crippen LogP contribution in [0.3, 0.4) is 0 Å². The van der Waals surface area contributed by atoms with Gasteiger partial charge in [-0.15, -0.1) is 0 Å². The third-order valence-corrected chi connectivity index (χ3v) is 16.6. The minimum absolute atomic E-state index is 0.0154. The van der Waals surface area contributed by atoms with Crippen molar-refractivity contribution in [1.82, 2.24) is 14.9 Å². The maximum Gasteiger partial charge on any atom is 0.343 e. The molecular weight excluding hydrogens is 1000 g/mol. The third-order valence-electron chi connectivity index (χ3n) is 16.6. The molecule has 3 aromatic carbocycles. The zero-order valence-electron chi connectivity index (χ0n) is 45.2. The van der Waals surface area contributed by atoms with Crippen LogP contribution in [-0.4, -0.2) is 131 Å². The van der Waals surface area contributed by atoms with Gasteiger partial charge < -0.3 is 64.2 Å². The number of esters is 1. The molecule has 1 aromatic heterocycles. The highest BCUT2D eigenvalue weighted by Crippen LogP contribution is 2.69. The SMILES string of the molecule is CC(C)=CCCC1(C)C=Cc2c(c(CC=C(C)C)c3c(c2OC(=O)c2ccc(O[C@@H]4O[C@H](CO)[C@@H](O)[C@H](O)[C@H]4O)cc2)C2=Nc4nc5ccccc5n4C4C5CC(C(C)C)C(O3)(C24)C(O)(CC=C(C)C(=O)NCCO)C5=O)O1. The van der Waals surface area contributed by atoms with Gasteiger partial charge in [-0.1, -0.05) is 55.4 Å². The van der Waals surface area contributed by atoms with Crippen molar-refractivity contribution in [2.45, 2.75) is 141 Å². The number of aliphatic hydroxyl groups excluding tert-OH is 5. The fourth-order valence-electron chi connectivity index (χ4n) is 12.6. The highest BCUT2D eigenvalue weighted by molar-refractivity contribution is 6.15. The number of Topliss-reactive ketones (excluding diaryl/α,β-unsaturated/α-hetero) is 1. The molecule has 11 rings (SSSR count). The number of ketones is 1. The predicted octanol–water partition coefficient (Wildman–Crippen LogP) is 6.33. The Bertz CT molecular complexity index is 3200. The first-order valence-electron chi connectivity index (χ1n) is 26.9. The first-order chi connectivity index (χ1) is 37.2. The summed E-state index contributed by atoms with van der Waals surface area (Å²) in [6, 6.07) is 12.7. The van der Waals surface area contributed by atoms with E-state index in [1.54, 1.807) is 13.0 Å². The number of para-hydroxylation sites is 2. The zero-order chi connectivity index (χ0) is 55.7. The summed E-state index contributed by atoms with van der Waals surface area (Å²) in [6.07, 6.45) is 3.65. The molecule has 5 heterocycles. The van der Waals surface area contributed by atoms with Crippen LogP contribution < -0.4 is 24.3 Å². The van der Waals surface area contributed by atoms with Crippen molar-refractivity contribution >= 4 is 46.4 Å². The van der Waals surface area contributed by atoms with Gasteiger partial charge >= 0.3 is 5.97 Å². The van der Waals surface area contributed by atoms with Gasteiger partial charge in [0, 0.05) is 35.9 Å². The molecule has 1 saturated heterocycles. The summed E-state index contributed by atoms with van der Waals surface area (Å²) in [6.45, 7) is 14.8. The van der Waals surface area contributed by atoms with Crippen LogP contribution >= 0.6 is 0 Å². The molecule has 18 heteroatoms. The lowest BCUT2D eigenvalue weighted by Crippen LogP contribution is -2.82. The first kappa shape index (κ1) is 54.8. The molecule has 1 amide bonds. The van der Waals surface area contributed by atoms with E-state index in [1.807, 2.05) is 81.7 Å². The average molecular weight is 1070 g/mol. The summed E-state index contributed by atoms with van der Waals surface area (Å²) in [5, 5.41) is 67.2. The molecule has 78 heavy (non-hydrogen) atoms. The second-order valence-corrected chi connectivity index (χ2v) is 22.7. The van der Waals surface area contributed by atoms with Crippen LogP contribution in [0.1, 0.15) is 114 Å². The van der Waals surface area contributed by atoms with Crippen molar-refractivity contribution in [3.05, 3.63) is 112 Å². The van der Waals surface area contributed by atoms with Crippen LogP contribution in [0.15, 0.2) is 94.5 Å². The molecule has 7 N–H and O–H groups in total. The van der Waals surface area contributed by atoms with Gasteiger partial charge in [0.25, 0.3) is 0 Å². The zero-order valence-corrected chi connectivity index (χ0v) is 45.2. The molecule has 7 aliphatic rings. The van der Waals surface area contributed by atoms with E-state index >= 15 is 4.79 Å². The Labute approximate surface area is 452 Å². The van der Waals surface area contributed by atoms with Gasteiger partial charge in [-0.2, -0.15) is 0 Å². The lowest BCUT2D eigenvalue weighted by atomic mass is 9.43. The summed E-state index contributed by atoms with van der Waals surface area (Å²) in [5.74, 6) is -2.87. The number of imidazole rings is 1. The molecule has 4 fully saturated rings. The fourth-order valence-corrected chi connectivity index (χ4v) is 12.6. The lowest BCUT2D eigenvalue weighted by Gasteiger charge is -2.68. The van der Waals surface area contributed by atoms with Gasteiger partial charge in [0.15, 0.2) is 22.7 Å². The van der Waals surface area contributed by atoms with Crippen LogP contribution in [-0.2, 0) is 20.7 Å². The molecule has 18 nitrogen and oxygen atoms in total. The fraction of sp³-hybridized carbons (Fsp3) is 0.483. The van der Waals surface area contributed by atoms with Crippen LogP contribution in [0.25, 0.3) is 17.1 Å². The Hall–Kier alpha value is -6.51. The number of hydrogen-bond acceptors (Lipinski definition) is 16. The third kappa shape index (κ3) is 9.08. The van der Waals surface area contributed by atoms with E-state index in [0.29, 0.717) is 58.9 Å². The van der Waals surface area contributed by atoms with Crippen molar-refractivity contribution in [2.75, 3.05) is 19.8 Å². The highest BCUT2D eigenvalue weighted by Gasteiger charge is 2.79. The molecule has 0 radical (unpaired) electrons. The van der Waals surface area contributed by atoms with Crippen molar-refractivity contribution in [1.29, 1.82) is 0 Å². The minimum atomic E-state index is -2.25. The van der Waals surface area contributed by atoms with Crippen molar-refractivity contribution in [2.24, 2.45) is 28.7 Å². The first-order valence-corrected chi connectivity index (χ1v) is 26.9. The molecule has 4 aromatic rings. The predicted molar refractivity (Wildman–Crippen MR) is 289 cm³/mol. The van der Waals surface area contributed by atoms with E-state index in [0.717, 1.165) is 16.7 Å². The molecular formula is C60H70N4O14. The number of nitrogens with one attached hydrogen (secondary N) is 1. The molecule has 2 bridgehead atoms. The maximum absolute atomic E-state index is 15.8. The van der Waals surface area contributed by atoms with Gasteiger partial charge in [0.1, 0.15) is 47.3 Å². The molecule has 3 aliphatic carbocycles. The topological polar surface area (TPSA) is 261 Å². The number of benzene rings is 3. The Balaban J connectivity index is 1.20. The van der Waals surface area contributed by atoms with Gasteiger partial charge in [0.05, 0.1) is 58.6 Å². The Morgan fingerprint density at radius 1 is 0.936 bits per heavy atom. The van der Waals surface area contributed by atoms with E-state index in [2.05, 4.69) is 25.2 Å². The average Bonchev–Trinajstić information content (AvgIpc) is 1.60. The monoisotopic (exact) mass is 1070 g/mol. The number of ether oxygens (including phenoxy) is 5. The van der Waals surface area contributed by atoms with Crippen molar-refractivity contribution in [3.8, 4) is 23.0 Å². The van der Waals surface area contributed by atoms with E-state index in [1.165, 1.54) is 24.3 Å². The maximum atomic E-state index is 15.8. The number of carbonyl (C=O) groups excluding carboxylic acids is 3. The largest absolute Gasteiger partial charge is 0.482 e. The van der Waals surface area contributed by atoms with E-state index in [9.17, 15) is 40.2 Å². The summed E-state index contributed by atoms with van der Waals surface area (Å²) in [7, 11) is 0. The number of amides is 1. The number of fused-ring (bicyclic) bond motifs is 8. The number of hydrogen-bond donors (Lipinski definition) is 7. The van der Waals surface area contributed by atoms with Crippen LogP contribution in [0.5, 0.6) is 23.0 Å². The van der Waals surface area contributed by atoms with Crippen LogP contribution in [0, 0.1) is 23.7 Å². The van der Waals surface area contributed by atoms with Crippen LogP contribution in [0.4, 0.5) is 5.95 Å². The summed E-state index contributed by atoms with van der Waals surface area (Å²) in [4.78, 5) is 54.6. The second-order valence-electron chi connectivity index (χ2n) is 22.7. The number of aliphatic imine (C=N–C) groups is 1. The van der Waals surface area contributed by atoms with E-state index < -0.39 is 95.6 Å². The molecule has 414 valence electrons. The Morgan fingerprint density at radius 2 is 1.67 bits per heavy atom. The van der Waals surface area contributed by atoms with Crippen molar-refractivity contribution in [3.63, 3.8) is 0 Å². The number of allylic oxidation sites excluding steroid dienone is 4.